The molecule has 0 unspecified atom stereocenters. The molecule has 0 radical (unpaired) electrons. The molecule has 2 rings (SSSR count). The molecule has 1 saturated carbocycles. The Morgan fingerprint density at radius 2 is 1.69 bits per heavy atom. The minimum absolute atomic E-state index is 0.0161. The highest BCUT2D eigenvalue weighted by atomic mass is 19.1. The van der Waals surface area contributed by atoms with Gasteiger partial charge in [-0.25, -0.2) is 8.78 Å². The second-order valence-electron chi connectivity index (χ2n) is 4.60. The first-order valence-corrected chi connectivity index (χ1v) is 5.73. The van der Waals surface area contributed by atoms with E-state index in [2.05, 4.69) is 0 Å². The van der Waals surface area contributed by atoms with E-state index in [1.54, 1.807) is 0 Å². The van der Waals surface area contributed by atoms with Crippen molar-refractivity contribution < 1.29 is 13.9 Å². The van der Waals surface area contributed by atoms with Crippen LogP contribution in [0.5, 0.6) is 0 Å². The maximum absolute atomic E-state index is 13.3. The Kier molecular flexibility index (Phi) is 3.24. The standard InChI is InChI=1S/C13H16F2O/c1-8-11(14)6-10(7-12(8)15)13(16)9-4-2-3-5-9/h6-7,9,13,16H,2-5H2,1H3/t13-/m1/s1. The second-order valence-corrected chi connectivity index (χ2v) is 4.60. The Balaban J connectivity index is 2.26. The lowest BCUT2D eigenvalue weighted by Crippen LogP contribution is -2.10. The van der Waals surface area contributed by atoms with Crippen molar-refractivity contribution in [1.29, 1.82) is 0 Å². The number of hydrogen-bond donors (Lipinski definition) is 1. The number of aliphatic hydroxyl groups excluding tert-OH is 1. The Labute approximate surface area is 94.1 Å². The maximum Gasteiger partial charge on any atom is 0.129 e. The van der Waals surface area contributed by atoms with Crippen LogP contribution in [0.2, 0.25) is 0 Å². The third-order valence-corrected chi connectivity index (χ3v) is 3.49. The van der Waals surface area contributed by atoms with Crippen LogP contribution in [0, 0.1) is 24.5 Å². The van der Waals surface area contributed by atoms with Crippen LogP contribution in [-0.2, 0) is 0 Å². The molecule has 88 valence electrons. The normalized spacial score (nSPS) is 19.0. The van der Waals surface area contributed by atoms with Gasteiger partial charge in [0.05, 0.1) is 6.10 Å². The van der Waals surface area contributed by atoms with Crippen LogP contribution in [-0.4, -0.2) is 5.11 Å². The largest absolute Gasteiger partial charge is 0.388 e. The van der Waals surface area contributed by atoms with Crippen LogP contribution in [0.1, 0.15) is 42.9 Å². The van der Waals surface area contributed by atoms with Crippen molar-refractivity contribution in [3.8, 4) is 0 Å². The molecule has 1 atom stereocenters. The van der Waals surface area contributed by atoms with Crippen LogP contribution in [0.15, 0.2) is 12.1 Å². The van der Waals surface area contributed by atoms with Gasteiger partial charge in [-0.15, -0.1) is 0 Å². The monoisotopic (exact) mass is 226 g/mol. The summed E-state index contributed by atoms with van der Waals surface area (Å²) in [6.45, 7) is 1.40. The summed E-state index contributed by atoms with van der Waals surface area (Å²) in [4.78, 5) is 0. The lowest BCUT2D eigenvalue weighted by atomic mass is 9.93. The van der Waals surface area contributed by atoms with Crippen LogP contribution in [0.25, 0.3) is 0 Å². The minimum atomic E-state index is -0.730. The molecule has 0 saturated heterocycles. The van der Waals surface area contributed by atoms with Crippen molar-refractivity contribution in [3.63, 3.8) is 0 Å². The molecule has 0 spiro atoms. The molecule has 1 nitrogen and oxygen atoms in total. The smallest absolute Gasteiger partial charge is 0.129 e. The molecule has 1 fully saturated rings. The lowest BCUT2D eigenvalue weighted by Gasteiger charge is -2.18. The molecule has 0 amide bonds. The molecular formula is C13H16F2O. The summed E-state index contributed by atoms with van der Waals surface area (Å²) in [6, 6.07) is 2.50. The van der Waals surface area contributed by atoms with E-state index in [4.69, 9.17) is 0 Å². The Morgan fingerprint density at radius 3 is 2.19 bits per heavy atom. The van der Waals surface area contributed by atoms with Gasteiger partial charge in [-0.05, 0) is 43.4 Å². The molecular weight excluding hydrogens is 210 g/mol. The molecule has 3 heteroatoms. The number of hydrogen-bond acceptors (Lipinski definition) is 1. The van der Waals surface area contributed by atoms with Crippen molar-refractivity contribution in [2.24, 2.45) is 5.92 Å². The van der Waals surface area contributed by atoms with Gasteiger partial charge in [0.15, 0.2) is 0 Å². The van der Waals surface area contributed by atoms with E-state index in [9.17, 15) is 13.9 Å². The number of aliphatic hydroxyl groups is 1. The molecule has 0 heterocycles. The van der Waals surface area contributed by atoms with Crippen molar-refractivity contribution in [1.82, 2.24) is 0 Å². The molecule has 1 aliphatic rings. The van der Waals surface area contributed by atoms with Gasteiger partial charge < -0.3 is 5.11 Å². The third kappa shape index (κ3) is 2.09. The van der Waals surface area contributed by atoms with Gasteiger partial charge in [0, 0.05) is 5.56 Å². The summed E-state index contributed by atoms with van der Waals surface area (Å²) in [5.41, 5.74) is 0.384. The highest BCUT2D eigenvalue weighted by Crippen LogP contribution is 2.36. The predicted molar refractivity (Wildman–Crippen MR) is 58.0 cm³/mol. The molecule has 0 aliphatic heterocycles. The Morgan fingerprint density at radius 1 is 1.19 bits per heavy atom. The molecule has 1 aromatic carbocycles. The van der Waals surface area contributed by atoms with E-state index in [0.717, 1.165) is 25.7 Å². The second kappa shape index (κ2) is 4.50. The Hall–Kier alpha value is -0.960. The summed E-state index contributed by atoms with van der Waals surface area (Å²) in [5.74, 6) is -0.999. The van der Waals surface area contributed by atoms with Crippen molar-refractivity contribution >= 4 is 0 Å². The van der Waals surface area contributed by atoms with Crippen LogP contribution in [0.4, 0.5) is 8.78 Å². The molecule has 1 N–H and O–H groups in total. The molecule has 0 bridgehead atoms. The topological polar surface area (TPSA) is 20.2 Å². The van der Waals surface area contributed by atoms with Gasteiger partial charge in [0.2, 0.25) is 0 Å². The Bertz CT molecular complexity index is 361. The van der Waals surface area contributed by atoms with Crippen LogP contribution >= 0.6 is 0 Å². The van der Waals surface area contributed by atoms with E-state index in [-0.39, 0.29) is 11.5 Å². The molecule has 1 aliphatic carbocycles. The zero-order valence-electron chi connectivity index (χ0n) is 9.34. The van der Waals surface area contributed by atoms with Gasteiger partial charge in [-0.1, -0.05) is 12.8 Å². The highest BCUT2D eigenvalue weighted by molar-refractivity contribution is 5.27. The van der Waals surface area contributed by atoms with E-state index in [0.29, 0.717) is 5.56 Å². The summed E-state index contributed by atoms with van der Waals surface area (Å²) >= 11 is 0. The van der Waals surface area contributed by atoms with E-state index >= 15 is 0 Å². The van der Waals surface area contributed by atoms with Crippen LogP contribution < -0.4 is 0 Å². The van der Waals surface area contributed by atoms with Gasteiger partial charge in [0.1, 0.15) is 11.6 Å². The average molecular weight is 226 g/mol. The maximum atomic E-state index is 13.3. The van der Waals surface area contributed by atoms with Crippen molar-refractivity contribution in [3.05, 3.63) is 34.9 Å². The molecule has 0 aromatic heterocycles. The van der Waals surface area contributed by atoms with E-state index in [1.807, 2.05) is 0 Å². The minimum Gasteiger partial charge on any atom is -0.388 e. The first kappa shape index (κ1) is 11.5. The lowest BCUT2D eigenvalue weighted by molar-refractivity contribution is 0.111. The SMILES string of the molecule is Cc1c(F)cc([C@H](O)C2CCCC2)cc1F. The first-order valence-electron chi connectivity index (χ1n) is 5.73. The van der Waals surface area contributed by atoms with Gasteiger partial charge in [0.25, 0.3) is 0 Å². The van der Waals surface area contributed by atoms with Crippen LogP contribution in [0.3, 0.4) is 0 Å². The summed E-state index contributed by atoms with van der Waals surface area (Å²) in [5, 5.41) is 10.0. The number of benzene rings is 1. The fourth-order valence-electron chi connectivity index (χ4n) is 2.38. The number of rotatable bonds is 2. The zero-order valence-corrected chi connectivity index (χ0v) is 9.34. The van der Waals surface area contributed by atoms with Gasteiger partial charge in [-0.3, -0.25) is 0 Å². The van der Waals surface area contributed by atoms with E-state index in [1.165, 1.54) is 19.1 Å². The third-order valence-electron chi connectivity index (χ3n) is 3.49. The van der Waals surface area contributed by atoms with Crippen molar-refractivity contribution in [2.45, 2.75) is 38.7 Å². The molecule has 16 heavy (non-hydrogen) atoms. The number of halogens is 2. The fraction of sp³-hybridized carbons (Fsp3) is 0.538. The fourth-order valence-corrected chi connectivity index (χ4v) is 2.38. The average Bonchev–Trinajstić information content (AvgIpc) is 2.77. The van der Waals surface area contributed by atoms with E-state index < -0.39 is 17.7 Å². The summed E-state index contributed by atoms with van der Waals surface area (Å²) in [6.07, 6.45) is 3.35. The highest BCUT2D eigenvalue weighted by Gasteiger charge is 2.25. The summed E-state index contributed by atoms with van der Waals surface area (Å²) < 4.78 is 26.7. The molecule has 1 aromatic rings. The predicted octanol–water partition coefficient (Wildman–Crippen LogP) is 3.50. The zero-order chi connectivity index (χ0) is 11.7. The quantitative estimate of drug-likeness (QED) is 0.818. The van der Waals surface area contributed by atoms with Gasteiger partial charge in [-0.2, -0.15) is 0 Å². The summed E-state index contributed by atoms with van der Waals surface area (Å²) in [7, 11) is 0. The first-order chi connectivity index (χ1) is 7.59. The van der Waals surface area contributed by atoms with Gasteiger partial charge >= 0.3 is 0 Å². The van der Waals surface area contributed by atoms with Crippen molar-refractivity contribution in [2.75, 3.05) is 0 Å².